The average Bonchev–Trinajstić information content (AvgIpc) is 3.32. The van der Waals surface area contributed by atoms with Gasteiger partial charge >= 0.3 is 0 Å². The Morgan fingerprint density at radius 3 is 2.88 bits per heavy atom. The van der Waals surface area contributed by atoms with Gasteiger partial charge in [-0.25, -0.2) is 0 Å². The molecule has 0 aliphatic rings. The average molecular weight is 321 g/mol. The molecule has 0 spiro atoms. The monoisotopic (exact) mass is 321 g/mol. The summed E-state index contributed by atoms with van der Waals surface area (Å²) in [5.74, 6) is 1.05. The zero-order valence-electron chi connectivity index (χ0n) is 12.9. The molecule has 0 radical (unpaired) electrons. The number of para-hydroxylation sites is 1. The number of aromatic nitrogens is 2. The van der Waals surface area contributed by atoms with Crippen LogP contribution < -0.4 is 5.32 Å². The van der Waals surface area contributed by atoms with E-state index >= 15 is 0 Å². The van der Waals surface area contributed by atoms with E-state index in [0.29, 0.717) is 22.9 Å². The molecular weight excluding hydrogens is 306 g/mol. The highest BCUT2D eigenvalue weighted by Gasteiger charge is 2.18. The van der Waals surface area contributed by atoms with Crippen molar-refractivity contribution in [3.8, 4) is 11.5 Å². The first kappa shape index (κ1) is 14.3. The van der Waals surface area contributed by atoms with Crippen LogP contribution in [0.5, 0.6) is 0 Å². The lowest BCUT2D eigenvalue weighted by molar-refractivity contribution is 0.0930. The Morgan fingerprint density at radius 2 is 2.08 bits per heavy atom. The minimum Gasteiger partial charge on any atom is -0.463 e. The number of furan rings is 2. The van der Waals surface area contributed by atoms with Crippen LogP contribution in [0.25, 0.3) is 22.4 Å². The van der Waals surface area contributed by atoms with Gasteiger partial charge in [0.1, 0.15) is 17.0 Å². The van der Waals surface area contributed by atoms with Crippen LogP contribution >= 0.6 is 0 Å². The molecule has 0 aliphatic heterocycles. The van der Waals surface area contributed by atoms with Gasteiger partial charge in [0.25, 0.3) is 5.91 Å². The van der Waals surface area contributed by atoms with Crippen LogP contribution in [0.3, 0.4) is 0 Å². The van der Waals surface area contributed by atoms with E-state index in [-0.39, 0.29) is 11.9 Å². The fraction of sp³-hybridized carbons (Fsp3) is 0.111. The van der Waals surface area contributed by atoms with Gasteiger partial charge in [-0.2, -0.15) is 5.10 Å². The van der Waals surface area contributed by atoms with Crippen LogP contribution in [-0.2, 0) is 0 Å². The zero-order valence-corrected chi connectivity index (χ0v) is 12.9. The summed E-state index contributed by atoms with van der Waals surface area (Å²) in [6, 6.07) is 14.6. The Morgan fingerprint density at radius 1 is 1.21 bits per heavy atom. The lowest BCUT2D eigenvalue weighted by Crippen LogP contribution is -2.26. The van der Waals surface area contributed by atoms with Gasteiger partial charge in [0.05, 0.1) is 12.3 Å². The van der Waals surface area contributed by atoms with Crippen LogP contribution in [-0.4, -0.2) is 16.1 Å². The molecule has 6 nitrogen and oxygen atoms in total. The van der Waals surface area contributed by atoms with Crippen LogP contribution in [0.2, 0.25) is 0 Å². The van der Waals surface area contributed by atoms with Gasteiger partial charge in [-0.1, -0.05) is 18.2 Å². The van der Waals surface area contributed by atoms with Crippen molar-refractivity contribution < 1.29 is 13.6 Å². The Hall–Kier alpha value is -3.28. The number of H-pyrrole nitrogens is 1. The SMILES string of the molecule is C[C@@H](NC(=O)c1cc(-c2ccco2)[nH]n1)c1cc2ccccc2o1. The number of aromatic amines is 1. The van der Waals surface area contributed by atoms with E-state index in [1.165, 1.54) is 0 Å². The zero-order chi connectivity index (χ0) is 16.5. The highest BCUT2D eigenvalue weighted by Crippen LogP contribution is 2.24. The summed E-state index contributed by atoms with van der Waals surface area (Å²) in [5.41, 5.74) is 1.75. The van der Waals surface area contributed by atoms with Crippen LogP contribution in [0.15, 0.2) is 63.6 Å². The number of carbonyl (C=O) groups excluding carboxylic acids is 1. The predicted octanol–water partition coefficient (Wildman–Crippen LogP) is 3.91. The van der Waals surface area contributed by atoms with Crippen molar-refractivity contribution in [1.29, 1.82) is 0 Å². The molecule has 3 aromatic heterocycles. The fourth-order valence-electron chi connectivity index (χ4n) is 2.55. The molecule has 1 amide bonds. The Balaban J connectivity index is 1.51. The molecule has 2 N–H and O–H groups in total. The number of hydrogen-bond acceptors (Lipinski definition) is 4. The number of rotatable bonds is 4. The van der Waals surface area contributed by atoms with E-state index in [4.69, 9.17) is 8.83 Å². The second-order valence-electron chi connectivity index (χ2n) is 5.53. The second kappa shape index (κ2) is 5.73. The van der Waals surface area contributed by atoms with Crippen molar-refractivity contribution in [2.24, 2.45) is 0 Å². The van der Waals surface area contributed by atoms with Crippen molar-refractivity contribution >= 4 is 16.9 Å². The molecule has 0 saturated heterocycles. The molecular formula is C18H15N3O3. The van der Waals surface area contributed by atoms with Gasteiger partial charge in [0.2, 0.25) is 0 Å². The standard InChI is InChI=1S/C18H15N3O3/c1-11(17-9-12-5-2-3-6-15(12)24-17)19-18(22)14-10-13(20-21-14)16-7-4-8-23-16/h2-11H,1H3,(H,19,22)(H,20,21)/t11-/m1/s1. The molecule has 1 atom stereocenters. The van der Waals surface area contributed by atoms with E-state index < -0.39 is 0 Å². The molecule has 0 unspecified atom stereocenters. The quantitative estimate of drug-likeness (QED) is 0.597. The van der Waals surface area contributed by atoms with Gasteiger partial charge in [0, 0.05) is 11.5 Å². The summed E-state index contributed by atoms with van der Waals surface area (Å²) in [5, 5.41) is 10.7. The maximum absolute atomic E-state index is 12.4. The number of nitrogens with zero attached hydrogens (tertiary/aromatic N) is 1. The van der Waals surface area contributed by atoms with Crippen LogP contribution in [0.1, 0.15) is 29.2 Å². The third-order valence-corrected chi connectivity index (χ3v) is 3.82. The van der Waals surface area contributed by atoms with Crippen LogP contribution in [0, 0.1) is 0 Å². The first-order valence-electron chi connectivity index (χ1n) is 7.59. The van der Waals surface area contributed by atoms with Gasteiger partial charge < -0.3 is 14.2 Å². The summed E-state index contributed by atoms with van der Waals surface area (Å²) < 4.78 is 11.1. The minimum absolute atomic E-state index is 0.270. The fourth-order valence-corrected chi connectivity index (χ4v) is 2.55. The number of benzene rings is 1. The van der Waals surface area contributed by atoms with Crippen molar-refractivity contribution in [1.82, 2.24) is 15.5 Å². The van der Waals surface area contributed by atoms with Gasteiger partial charge in [-0.05, 0) is 31.2 Å². The summed E-state index contributed by atoms with van der Waals surface area (Å²) in [6.07, 6.45) is 1.57. The highest BCUT2D eigenvalue weighted by molar-refractivity contribution is 5.93. The van der Waals surface area contributed by atoms with Crippen molar-refractivity contribution in [3.63, 3.8) is 0 Å². The highest BCUT2D eigenvalue weighted by atomic mass is 16.3. The molecule has 0 saturated carbocycles. The smallest absolute Gasteiger partial charge is 0.272 e. The van der Waals surface area contributed by atoms with Crippen molar-refractivity contribution in [2.45, 2.75) is 13.0 Å². The summed E-state index contributed by atoms with van der Waals surface area (Å²) in [4.78, 5) is 12.4. The van der Waals surface area contributed by atoms with E-state index in [1.807, 2.05) is 37.3 Å². The van der Waals surface area contributed by atoms with Gasteiger partial charge in [-0.15, -0.1) is 0 Å². The molecule has 1 aromatic carbocycles. The minimum atomic E-state index is -0.281. The first-order chi connectivity index (χ1) is 11.7. The maximum atomic E-state index is 12.4. The largest absolute Gasteiger partial charge is 0.463 e. The molecule has 6 heteroatoms. The van der Waals surface area contributed by atoms with E-state index in [0.717, 1.165) is 11.0 Å². The summed E-state index contributed by atoms with van der Waals surface area (Å²) >= 11 is 0. The van der Waals surface area contributed by atoms with Gasteiger partial charge in [0.15, 0.2) is 11.5 Å². The summed E-state index contributed by atoms with van der Waals surface area (Å²) in [6.45, 7) is 1.87. The number of nitrogens with one attached hydrogen (secondary N) is 2. The molecule has 3 heterocycles. The second-order valence-corrected chi connectivity index (χ2v) is 5.53. The molecule has 0 fully saturated rings. The number of hydrogen-bond donors (Lipinski definition) is 2. The summed E-state index contributed by atoms with van der Waals surface area (Å²) in [7, 11) is 0. The topological polar surface area (TPSA) is 84.1 Å². The third-order valence-electron chi connectivity index (χ3n) is 3.82. The molecule has 120 valence electrons. The molecule has 4 rings (SSSR count). The number of amides is 1. The van der Waals surface area contributed by atoms with E-state index in [9.17, 15) is 4.79 Å². The third kappa shape index (κ3) is 2.58. The number of carbonyl (C=O) groups is 1. The van der Waals surface area contributed by atoms with E-state index in [1.54, 1.807) is 24.5 Å². The van der Waals surface area contributed by atoms with E-state index in [2.05, 4.69) is 15.5 Å². The Labute approximate surface area is 137 Å². The molecule has 24 heavy (non-hydrogen) atoms. The Bertz CT molecular complexity index is 949. The first-order valence-corrected chi connectivity index (χ1v) is 7.59. The number of fused-ring (bicyclic) bond motifs is 1. The van der Waals surface area contributed by atoms with Crippen molar-refractivity contribution in [3.05, 3.63) is 66.2 Å². The Kier molecular flexibility index (Phi) is 3.42. The molecule has 0 bridgehead atoms. The molecule has 0 aliphatic carbocycles. The van der Waals surface area contributed by atoms with Gasteiger partial charge in [-0.3, -0.25) is 9.89 Å². The molecule has 4 aromatic rings. The maximum Gasteiger partial charge on any atom is 0.272 e. The van der Waals surface area contributed by atoms with Crippen LogP contribution in [0.4, 0.5) is 0 Å². The lowest BCUT2D eigenvalue weighted by atomic mass is 10.2. The lowest BCUT2D eigenvalue weighted by Gasteiger charge is -2.09. The van der Waals surface area contributed by atoms with Crippen molar-refractivity contribution in [2.75, 3.05) is 0 Å². The predicted molar refractivity (Wildman–Crippen MR) is 88.4 cm³/mol. The normalized spacial score (nSPS) is 12.4.